The van der Waals surface area contributed by atoms with Gasteiger partial charge < -0.3 is 10.0 Å². The van der Waals surface area contributed by atoms with E-state index in [9.17, 15) is 9.59 Å². The number of imide groups is 1. The van der Waals surface area contributed by atoms with Gasteiger partial charge in [-0.15, -0.1) is 0 Å². The molecular formula is C7H12N2O3. The average molecular weight is 172 g/mol. The highest BCUT2D eigenvalue weighted by atomic mass is 16.3. The maximum absolute atomic E-state index is 11.2. The number of amides is 3. The molecule has 1 N–H and O–H groups in total. The third-order valence-corrected chi connectivity index (χ3v) is 2.03. The number of carbonyl (C=O) groups is 2. The summed E-state index contributed by atoms with van der Waals surface area (Å²) in [5, 5.41) is 8.61. The van der Waals surface area contributed by atoms with Gasteiger partial charge in [-0.2, -0.15) is 0 Å². The Morgan fingerprint density at radius 1 is 1.50 bits per heavy atom. The fraction of sp³-hybridized carbons (Fsp3) is 0.714. The Morgan fingerprint density at radius 3 is 2.42 bits per heavy atom. The van der Waals surface area contributed by atoms with Crippen LogP contribution in [0.2, 0.25) is 0 Å². The van der Waals surface area contributed by atoms with Crippen molar-refractivity contribution in [3.63, 3.8) is 0 Å². The summed E-state index contributed by atoms with van der Waals surface area (Å²) < 4.78 is 0. The first kappa shape index (κ1) is 8.99. The van der Waals surface area contributed by atoms with Crippen LogP contribution in [0.5, 0.6) is 0 Å². The number of hydrogen-bond acceptors (Lipinski definition) is 3. The molecule has 0 aromatic rings. The van der Waals surface area contributed by atoms with Crippen LogP contribution in [-0.4, -0.2) is 53.1 Å². The van der Waals surface area contributed by atoms with Gasteiger partial charge in [0.05, 0.1) is 6.61 Å². The number of rotatable bonds is 2. The first-order chi connectivity index (χ1) is 5.59. The molecular weight excluding hydrogens is 160 g/mol. The Morgan fingerprint density at radius 2 is 2.08 bits per heavy atom. The summed E-state index contributed by atoms with van der Waals surface area (Å²) >= 11 is 0. The molecule has 68 valence electrons. The zero-order chi connectivity index (χ0) is 9.30. The van der Waals surface area contributed by atoms with Crippen LogP contribution in [0.1, 0.15) is 6.92 Å². The van der Waals surface area contributed by atoms with E-state index in [1.54, 1.807) is 6.92 Å². The average Bonchev–Trinajstić information content (AvgIpc) is 2.23. The van der Waals surface area contributed by atoms with Crippen LogP contribution in [0.15, 0.2) is 0 Å². The van der Waals surface area contributed by atoms with Gasteiger partial charge in [-0.25, -0.2) is 4.79 Å². The van der Waals surface area contributed by atoms with Gasteiger partial charge >= 0.3 is 6.03 Å². The zero-order valence-electron chi connectivity index (χ0n) is 7.15. The minimum atomic E-state index is -0.436. The van der Waals surface area contributed by atoms with Crippen molar-refractivity contribution >= 4 is 11.9 Å². The molecule has 1 fully saturated rings. The predicted molar refractivity (Wildman–Crippen MR) is 41.4 cm³/mol. The van der Waals surface area contributed by atoms with E-state index in [1.807, 2.05) is 0 Å². The van der Waals surface area contributed by atoms with Crippen LogP contribution in [-0.2, 0) is 4.79 Å². The topological polar surface area (TPSA) is 60.9 Å². The number of aliphatic hydroxyl groups is 1. The quantitative estimate of drug-likeness (QED) is 0.558. The molecule has 0 aliphatic carbocycles. The number of aliphatic hydroxyl groups excluding tert-OH is 1. The third kappa shape index (κ3) is 1.16. The van der Waals surface area contributed by atoms with E-state index in [1.165, 1.54) is 11.9 Å². The highest BCUT2D eigenvalue weighted by molar-refractivity contribution is 6.03. The lowest BCUT2D eigenvalue weighted by Gasteiger charge is -2.16. The van der Waals surface area contributed by atoms with Crippen molar-refractivity contribution in [3.05, 3.63) is 0 Å². The number of urea groups is 1. The molecule has 12 heavy (non-hydrogen) atoms. The highest BCUT2D eigenvalue weighted by Crippen LogP contribution is 2.14. The second-order valence-electron chi connectivity index (χ2n) is 2.77. The lowest BCUT2D eigenvalue weighted by Crippen LogP contribution is -2.35. The Labute approximate surface area is 70.6 Å². The summed E-state index contributed by atoms with van der Waals surface area (Å²) in [4.78, 5) is 24.8. The van der Waals surface area contributed by atoms with Gasteiger partial charge in [0.1, 0.15) is 6.04 Å². The van der Waals surface area contributed by atoms with E-state index in [4.69, 9.17) is 5.11 Å². The maximum Gasteiger partial charge on any atom is 0.327 e. The number of β-amino-alcohol motifs (C(OH)–C–C–N with tert-alkyl or cyclic N) is 1. The molecule has 0 saturated carbocycles. The van der Waals surface area contributed by atoms with E-state index in [-0.39, 0.29) is 25.1 Å². The van der Waals surface area contributed by atoms with Crippen molar-refractivity contribution in [1.29, 1.82) is 0 Å². The molecule has 1 unspecified atom stereocenters. The lowest BCUT2D eigenvalue weighted by molar-refractivity contribution is -0.127. The summed E-state index contributed by atoms with van der Waals surface area (Å²) in [6.07, 6.45) is 0. The van der Waals surface area contributed by atoms with E-state index in [2.05, 4.69) is 0 Å². The second kappa shape index (κ2) is 3.10. The molecule has 1 saturated heterocycles. The lowest BCUT2D eigenvalue weighted by atomic mass is 10.3. The van der Waals surface area contributed by atoms with Crippen molar-refractivity contribution in [3.8, 4) is 0 Å². The molecule has 0 aromatic heterocycles. The van der Waals surface area contributed by atoms with Gasteiger partial charge in [-0.05, 0) is 6.92 Å². The van der Waals surface area contributed by atoms with Crippen LogP contribution in [0.25, 0.3) is 0 Å². The van der Waals surface area contributed by atoms with Crippen molar-refractivity contribution in [2.45, 2.75) is 13.0 Å². The molecule has 5 heteroatoms. The Balaban J connectivity index is 2.76. The van der Waals surface area contributed by atoms with E-state index in [0.29, 0.717) is 0 Å². The highest BCUT2D eigenvalue weighted by Gasteiger charge is 2.39. The molecule has 1 rings (SSSR count). The standard InChI is InChI=1S/C7H12N2O3/c1-5-6(11)8(2)7(12)9(5)3-4-10/h5,10H,3-4H2,1-2H3. The van der Waals surface area contributed by atoms with Crippen LogP contribution in [0, 0.1) is 0 Å². The molecule has 0 radical (unpaired) electrons. The Hall–Kier alpha value is -1.10. The number of nitrogens with zero attached hydrogens (tertiary/aromatic N) is 2. The fourth-order valence-corrected chi connectivity index (χ4v) is 1.26. The summed E-state index contributed by atoms with van der Waals surface area (Å²) in [6, 6.07) is -0.767. The number of likely N-dealkylation sites (N-methyl/N-ethyl adjacent to an activating group) is 1. The fourth-order valence-electron chi connectivity index (χ4n) is 1.26. The summed E-state index contributed by atoms with van der Waals surface area (Å²) in [6.45, 7) is 1.76. The number of carbonyl (C=O) groups excluding carboxylic acids is 2. The molecule has 1 atom stereocenters. The predicted octanol–water partition coefficient (Wildman–Crippen LogP) is -0.739. The van der Waals surface area contributed by atoms with Crippen molar-refractivity contribution in [2.75, 3.05) is 20.2 Å². The minimum Gasteiger partial charge on any atom is -0.395 e. The molecule has 1 aliphatic rings. The van der Waals surface area contributed by atoms with Gasteiger partial charge in [0.25, 0.3) is 5.91 Å². The number of hydrogen-bond donors (Lipinski definition) is 1. The summed E-state index contributed by atoms with van der Waals surface area (Å²) in [7, 11) is 1.44. The first-order valence-electron chi connectivity index (χ1n) is 3.78. The summed E-state index contributed by atoms with van der Waals surface area (Å²) in [5.74, 6) is -0.214. The SMILES string of the molecule is CC1C(=O)N(C)C(=O)N1CCO. The second-order valence-corrected chi connectivity index (χ2v) is 2.77. The summed E-state index contributed by atoms with van der Waals surface area (Å²) in [5.41, 5.74) is 0. The van der Waals surface area contributed by atoms with Gasteiger partial charge in [0.15, 0.2) is 0 Å². The van der Waals surface area contributed by atoms with Crippen LogP contribution < -0.4 is 0 Å². The molecule has 0 aromatic carbocycles. The molecule has 1 heterocycles. The minimum absolute atomic E-state index is 0.114. The van der Waals surface area contributed by atoms with Crippen molar-refractivity contribution in [1.82, 2.24) is 9.80 Å². The van der Waals surface area contributed by atoms with Gasteiger partial charge in [-0.1, -0.05) is 0 Å². The first-order valence-corrected chi connectivity index (χ1v) is 3.78. The van der Waals surface area contributed by atoms with E-state index >= 15 is 0 Å². The van der Waals surface area contributed by atoms with Gasteiger partial charge in [0.2, 0.25) is 0 Å². The maximum atomic E-state index is 11.2. The Kier molecular flexibility index (Phi) is 2.32. The normalized spacial score (nSPS) is 24.1. The van der Waals surface area contributed by atoms with Crippen LogP contribution in [0.3, 0.4) is 0 Å². The smallest absolute Gasteiger partial charge is 0.327 e. The molecule has 0 bridgehead atoms. The van der Waals surface area contributed by atoms with Crippen LogP contribution in [0.4, 0.5) is 4.79 Å². The van der Waals surface area contributed by atoms with Crippen molar-refractivity contribution in [2.24, 2.45) is 0 Å². The Bertz CT molecular complexity index is 217. The monoisotopic (exact) mass is 172 g/mol. The molecule has 3 amide bonds. The molecule has 0 spiro atoms. The zero-order valence-corrected chi connectivity index (χ0v) is 7.15. The van der Waals surface area contributed by atoms with Gasteiger partial charge in [-0.3, -0.25) is 9.69 Å². The largest absolute Gasteiger partial charge is 0.395 e. The molecule has 5 nitrogen and oxygen atoms in total. The van der Waals surface area contributed by atoms with E-state index < -0.39 is 6.04 Å². The van der Waals surface area contributed by atoms with Crippen molar-refractivity contribution < 1.29 is 14.7 Å². The third-order valence-electron chi connectivity index (χ3n) is 2.03. The van der Waals surface area contributed by atoms with E-state index in [0.717, 1.165) is 4.90 Å². The van der Waals surface area contributed by atoms with Gasteiger partial charge in [0, 0.05) is 13.6 Å². The molecule has 1 aliphatic heterocycles. The van der Waals surface area contributed by atoms with Crippen LogP contribution >= 0.6 is 0 Å².